The van der Waals surface area contributed by atoms with Crippen LogP contribution in [0, 0.1) is 0 Å². The molecule has 1 amide bonds. The molecule has 0 aliphatic heterocycles. The molecule has 2 aromatic carbocycles. The summed E-state index contributed by atoms with van der Waals surface area (Å²) in [6.07, 6.45) is 0. The van der Waals surface area contributed by atoms with E-state index in [0.29, 0.717) is 36.2 Å². The molecule has 26 heavy (non-hydrogen) atoms. The highest BCUT2D eigenvalue weighted by atomic mass is 35.5. The quantitative estimate of drug-likeness (QED) is 0.341. The van der Waals surface area contributed by atoms with Crippen LogP contribution >= 0.6 is 11.6 Å². The van der Waals surface area contributed by atoms with Crippen LogP contribution in [0.5, 0.6) is 5.75 Å². The zero-order valence-corrected chi connectivity index (χ0v) is 15.4. The van der Waals surface area contributed by atoms with E-state index >= 15 is 0 Å². The van der Waals surface area contributed by atoms with E-state index < -0.39 is 0 Å². The van der Waals surface area contributed by atoms with Gasteiger partial charge in [0.1, 0.15) is 5.75 Å². The SMILES string of the molecule is CCNC(=NCc1cccc(Cl)c1)NCCNC(=O)c1ccc(O)cc1. The minimum Gasteiger partial charge on any atom is -0.508 e. The molecule has 0 aromatic heterocycles. The lowest BCUT2D eigenvalue weighted by molar-refractivity contribution is 0.0954. The number of hydrogen-bond acceptors (Lipinski definition) is 3. The van der Waals surface area contributed by atoms with Gasteiger partial charge in [-0.05, 0) is 48.9 Å². The standard InChI is InChI=1S/C19H23ClN4O2/c1-2-21-19(24-13-14-4-3-5-16(20)12-14)23-11-10-22-18(26)15-6-8-17(25)9-7-15/h3-9,12,25H,2,10-11,13H2,1H3,(H,22,26)(H2,21,23,24). The van der Waals surface area contributed by atoms with Crippen molar-refractivity contribution in [2.24, 2.45) is 4.99 Å². The number of phenols is 1. The van der Waals surface area contributed by atoms with Crippen LogP contribution < -0.4 is 16.0 Å². The number of nitrogens with one attached hydrogen (secondary N) is 3. The largest absolute Gasteiger partial charge is 0.508 e. The molecule has 2 aromatic rings. The van der Waals surface area contributed by atoms with Crippen molar-refractivity contribution < 1.29 is 9.90 Å². The maximum atomic E-state index is 12.0. The Bertz CT molecular complexity index is 747. The Labute approximate surface area is 158 Å². The fourth-order valence-corrected chi connectivity index (χ4v) is 2.43. The van der Waals surface area contributed by atoms with E-state index in [9.17, 15) is 9.90 Å². The van der Waals surface area contributed by atoms with E-state index in [4.69, 9.17) is 11.6 Å². The Hall–Kier alpha value is -2.73. The first kappa shape index (κ1) is 19.6. The van der Waals surface area contributed by atoms with Gasteiger partial charge in [-0.1, -0.05) is 23.7 Å². The van der Waals surface area contributed by atoms with Crippen LogP contribution in [0.4, 0.5) is 0 Å². The molecule has 0 spiro atoms. The van der Waals surface area contributed by atoms with Gasteiger partial charge in [0.15, 0.2) is 5.96 Å². The van der Waals surface area contributed by atoms with Crippen molar-refractivity contribution in [3.8, 4) is 5.75 Å². The average Bonchev–Trinajstić information content (AvgIpc) is 2.63. The predicted molar refractivity (Wildman–Crippen MR) is 105 cm³/mol. The minimum atomic E-state index is -0.187. The number of guanidine groups is 1. The number of amides is 1. The Balaban J connectivity index is 1.79. The summed E-state index contributed by atoms with van der Waals surface area (Å²) in [4.78, 5) is 16.5. The highest BCUT2D eigenvalue weighted by molar-refractivity contribution is 6.30. The first-order valence-electron chi connectivity index (χ1n) is 8.42. The van der Waals surface area contributed by atoms with Crippen molar-refractivity contribution in [1.29, 1.82) is 0 Å². The average molecular weight is 375 g/mol. The molecular formula is C19H23ClN4O2. The maximum absolute atomic E-state index is 12.0. The summed E-state index contributed by atoms with van der Waals surface area (Å²) in [5.74, 6) is 0.619. The van der Waals surface area contributed by atoms with Crippen LogP contribution in [0.3, 0.4) is 0 Å². The van der Waals surface area contributed by atoms with Crippen molar-refractivity contribution in [3.05, 3.63) is 64.7 Å². The fraction of sp³-hybridized carbons (Fsp3) is 0.263. The maximum Gasteiger partial charge on any atom is 0.251 e. The normalized spacial score (nSPS) is 11.1. The Morgan fingerprint density at radius 3 is 2.50 bits per heavy atom. The molecule has 0 heterocycles. The molecule has 0 atom stereocenters. The Morgan fingerprint density at radius 2 is 1.81 bits per heavy atom. The zero-order valence-electron chi connectivity index (χ0n) is 14.6. The number of nitrogens with zero attached hydrogens (tertiary/aromatic N) is 1. The summed E-state index contributed by atoms with van der Waals surface area (Å²) in [5, 5.41) is 19.1. The molecule has 0 saturated carbocycles. The zero-order chi connectivity index (χ0) is 18.8. The van der Waals surface area contributed by atoms with Crippen molar-refractivity contribution in [3.63, 3.8) is 0 Å². The van der Waals surface area contributed by atoms with Gasteiger partial charge in [-0.3, -0.25) is 4.79 Å². The number of hydrogen-bond donors (Lipinski definition) is 4. The first-order chi connectivity index (χ1) is 12.6. The summed E-state index contributed by atoms with van der Waals surface area (Å²) in [7, 11) is 0. The van der Waals surface area contributed by atoms with E-state index in [1.54, 1.807) is 12.1 Å². The molecule has 138 valence electrons. The van der Waals surface area contributed by atoms with Gasteiger partial charge in [0.25, 0.3) is 5.91 Å². The summed E-state index contributed by atoms with van der Waals surface area (Å²) >= 11 is 5.98. The van der Waals surface area contributed by atoms with E-state index in [0.717, 1.165) is 12.1 Å². The molecular weight excluding hydrogens is 352 g/mol. The highest BCUT2D eigenvalue weighted by Gasteiger charge is 2.04. The summed E-state index contributed by atoms with van der Waals surface area (Å²) in [6, 6.07) is 13.7. The number of benzene rings is 2. The molecule has 4 N–H and O–H groups in total. The summed E-state index contributed by atoms with van der Waals surface area (Å²) in [5.41, 5.74) is 1.53. The Morgan fingerprint density at radius 1 is 1.08 bits per heavy atom. The van der Waals surface area contributed by atoms with Gasteiger partial charge in [0.2, 0.25) is 0 Å². The van der Waals surface area contributed by atoms with E-state index in [1.807, 2.05) is 31.2 Å². The van der Waals surface area contributed by atoms with E-state index in [1.165, 1.54) is 12.1 Å². The minimum absolute atomic E-state index is 0.134. The van der Waals surface area contributed by atoms with Gasteiger partial charge >= 0.3 is 0 Å². The lowest BCUT2D eigenvalue weighted by Gasteiger charge is -2.12. The second-order valence-electron chi connectivity index (χ2n) is 5.55. The van der Waals surface area contributed by atoms with Crippen LogP contribution in [0.1, 0.15) is 22.8 Å². The number of aromatic hydroxyl groups is 1. The van der Waals surface area contributed by atoms with Crippen molar-refractivity contribution >= 4 is 23.5 Å². The third kappa shape index (κ3) is 6.64. The molecule has 6 nitrogen and oxygen atoms in total. The van der Waals surface area contributed by atoms with Crippen LogP contribution in [0.15, 0.2) is 53.5 Å². The second-order valence-corrected chi connectivity index (χ2v) is 5.99. The van der Waals surface area contributed by atoms with Crippen LogP contribution in [-0.4, -0.2) is 36.6 Å². The lowest BCUT2D eigenvalue weighted by atomic mass is 10.2. The number of carbonyl (C=O) groups excluding carboxylic acids is 1. The lowest BCUT2D eigenvalue weighted by Crippen LogP contribution is -2.41. The van der Waals surface area contributed by atoms with Crippen molar-refractivity contribution in [2.75, 3.05) is 19.6 Å². The molecule has 0 fully saturated rings. The summed E-state index contributed by atoms with van der Waals surface area (Å²) in [6.45, 7) is 4.21. The van der Waals surface area contributed by atoms with E-state index in [-0.39, 0.29) is 11.7 Å². The third-order valence-corrected chi connectivity index (χ3v) is 3.72. The van der Waals surface area contributed by atoms with Crippen LogP contribution in [0.2, 0.25) is 5.02 Å². The molecule has 0 saturated heterocycles. The molecule has 0 radical (unpaired) electrons. The monoisotopic (exact) mass is 374 g/mol. The van der Waals surface area contributed by atoms with Crippen molar-refractivity contribution in [2.45, 2.75) is 13.5 Å². The fourth-order valence-electron chi connectivity index (χ4n) is 2.22. The van der Waals surface area contributed by atoms with Gasteiger partial charge < -0.3 is 21.1 Å². The van der Waals surface area contributed by atoms with Gasteiger partial charge in [0, 0.05) is 30.2 Å². The summed E-state index contributed by atoms with van der Waals surface area (Å²) < 4.78 is 0. The number of halogens is 1. The third-order valence-electron chi connectivity index (χ3n) is 3.49. The topological polar surface area (TPSA) is 85.8 Å². The molecule has 0 aliphatic carbocycles. The second kappa shape index (κ2) is 10.3. The van der Waals surface area contributed by atoms with Gasteiger partial charge in [0.05, 0.1) is 6.54 Å². The van der Waals surface area contributed by atoms with E-state index in [2.05, 4.69) is 20.9 Å². The van der Waals surface area contributed by atoms with Crippen LogP contribution in [0.25, 0.3) is 0 Å². The molecule has 7 heteroatoms. The molecule has 2 rings (SSSR count). The van der Waals surface area contributed by atoms with Crippen LogP contribution in [-0.2, 0) is 6.54 Å². The van der Waals surface area contributed by atoms with Gasteiger partial charge in [-0.2, -0.15) is 0 Å². The number of phenolic OH excluding ortho intramolecular Hbond substituents is 1. The molecule has 0 aliphatic rings. The number of rotatable bonds is 7. The molecule has 0 unspecified atom stereocenters. The number of carbonyl (C=O) groups is 1. The van der Waals surface area contributed by atoms with Gasteiger partial charge in [-0.25, -0.2) is 4.99 Å². The molecule has 0 bridgehead atoms. The number of aliphatic imine (C=N–C) groups is 1. The first-order valence-corrected chi connectivity index (χ1v) is 8.80. The highest BCUT2D eigenvalue weighted by Crippen LogP contribution is 2.11. The smallest absolute Gasteiger partial charge is 0.251 e. The predicted octanol–water partition coefficient (Wildman–Crippen LogP) is 2.53. The van der Waals surface area contributed by atoms with Crippen molar-refractivity contribution in [1.82, 2.24) is 16.0 Å². The van der Waals surface area contributed by atoms with Gasteiger partial charge in [-0.15, -0.1) is 0 Å². The Kier molecular flexibility index (Phi) is 7.76.